The molecular weight excluding hydrogens is 242 g/mol. The lowest BCUT2D eigenvalue weighted by Crippen LogP contribution is -1.85. The maximum atomic E-state index is 4.54. The lowest BCUT2D eigenvalue weighted by molar-refractivity contribution is 1.44. The van der Waals surface area contributed by atoms with Gasteiger partial charge in [0.1, 0.15) is 0 Å². The summed E-state index contributed by atoms with van der Waals surface area (Å²) in [6, 6.07) is 25.3. The summed E-state index contributed by atoms with van der Waals surface area (Å²) < 4.78 is 0. The Balaban J connectivity index is 2.19. The predicted octanol–water partition coefficient (Wildman–Crippen LogP) is 5.06. The van der Waals surface area contributed by atoms with E-state index in [0.717, 1.165) is 5.52 Å². The highest BCUT2D eigenvalue weighted by molar-refractivity contribution is 6.12. The molecular formula is C19H13N. The molecule has 0 aliphatic carbocycles. The minimum absolute atomic E-state index is 1.04. The normalized spacial score (nSPS) is 11.0. The molecule has 20 heavy (non-hydrogen) atoms. The molecule has 0 N–H and O–H groups in total. The topological polar surface area (TPSA) is 12.9 Å². The number of para-hydroxylation sites is 1. The van der Waals surface area contributed by atoms with Crippen molar-refractivity contribution in [1.82, 2.24) is 4.98 Å². The van der Waals surface area contributed by atoms with E-state index in [9.17, 15) is 0 Å². The molecule has 4 rings (SSSR count). The van der Waals surface area contributed by atoms with Crippen LogP contribution in [0.15, 0.2) is 79.0 Å². The highest BCUT2D eigenvalue weighted by atomic mass is 14.6. The van der Waals surface area contributed by atoms with E-state index in [2.05, 4.69) is 65.6 Å². The summed E-state index contributed by atoms with van der Waals surface area (Å²) in [5.41, 5.74) is 3.56. The first-order chi connectivity index (χ1) is 9.93. The maximum Gasteiger partial charge on any atom is 0.0708 e. The third-order valence-corrected chi connectivity index (χ3v) is 3.70. The van der Waals surface area contributed by atoms with Crippen molar-refractivity contribution < 1.29 is 0 Å². The van der Waals surface area contributed by atoms with Crippen LogP contribution in [0.5, 0.6) is 0 Å². The highest BCUT2D eigenvalue weighted by Gasteiger charge is 2.07. The molecule has 0 saturated heterocycles. The molecule has 0 unspecified atom stereocenters. The number of fused-ring (bicyclic) bond motifs is 3. The van der Waals surface area contributed by atoms with Gasteiger partial charge in [0, 0.05) is 22.4 Å². The largest absolute Gasteiger partial charge is 0.256 e. The van der Waals surface area contributed by atoms with Crippen LogP contribution in [0.2, 0.25) is 0 Å². The first-order valence-corrected chi connectivity index (χ1v) is 6.75. The molecule has 0 fully saturated rings. The molecule has 1 heteroatoms. The maximum absolute atomic E-state index is 4.54. The van der Waals surface area contributed by atoms with E-state index in [-0.39, 0.29) is 0 Å². The van der Waals surface area contributed by atoms with Crippen molar-refractivity contribution in [3.63, 3.8) is 0 Å². The van der Waals surface area contributed by atoms with Crippen molar-refractivity contribution in [2.45, 2.75) is 0 Å². The van der Waals surface area contributed by atoms with E-state index >= 15 is 0 Å². The van der Waals surface area contributed by atoms with E-state index in [1.54, 1.807) is 0 Å². The van der Waals surface area contributed by atoms with Gasteiger partial charge in [-0.15, -0.1) is 0 Å². The minimum atomic E-state index is 1.04. The van der Waals surface area contributed by atoms with Crippen molar-refractivity contribution in [2.75, 3.05) is 0 Å². The van der Waals surface area contributed by atoms with Gasteiger partial charge in [-0.25, -0.2) is 0 Å². The zero-order chi connectivity index (χ0) is 13.4. The predicted molar refractivity (Wildman–Crippen MR) is 84.7 cm³/mol. The lowest BCUT2D eigenvalue weighted by atomic mass is 9.96. The molecule has 0 amide bonds. The van der Waals surface area contributed by atoms with Crippen LogP contribution in [0, 0.1) is 0 Å². The summed E-state index contributed by atoms with van der Waals surface area (Å²) in [5.74, 6) is 0. The van der Waals surface area contributed by atoms with Crippen LogP contribution in [0.3, 0.4) is 0 Å². The molecule has 1 aromatic heterocycles. The number of benzene rings is 3. The number of hydrogen-bond acceptors (Lipinski definition) is 1. The molecule has 0 saturated carbocycles. The summed E-state index contributed by atoms with van der Waals surface area (Å²) in [6.07, 6.45) is 1.96. The van der Waals surface area contributed by atoms with Crippen molar-refractivity contribution in [2.24, 2.45) is 0 Å². The van der Waals surface area contributed by atoms with E-state index < -0.39 is 0 Å². The second kappa shape index (κ2) is 4.46. The first-order valence-electron chi connectivity index (χ1n) is 6.75. The molecule has 0 aliphatic heterocycles. The van der Waals surface area contributed by atoms with Crippen LogP contribution >= 0.6 is 0 Å². The van der Waals surface area contributed by atoms with Crippen LogP contribution in [-0.2, 0) is 0 Å². The van der Waals surface area contributed by atoms with Crippen molar-refractivity contribution in [1.29, 1.82) is 0 Å². The van der Waals surface area contributed by atoms with E-state index in [0.29, 0.717) is 0 Å². The Kier molecular flexibility index (Phi) is 2.49. The number of rotatable bonds is 1. The zero-order valence-electron chi connectivity index (χ0n) is 11.0. The van der Waals surface area contributed by atoms with Crippen molar-refractivity contribution in [3.05, 3.63) is 79.0 Å². The van der Waals surface area contributed by atoms with E-state index in [1.165, 1.54) is 27.3 Å². The van der Waals surface area contributed by atoms with E-state index in [1.807, 2.05) is 18.3 Å². The molecule has 94 valence electrons. The fraction of sp³-hybridized carbons (Fsp3) is 0. The highest BCUT2D eigenvalue weighted by Crippen LogP contribution is 2.33. The van der Waals surface area contributed by atoms with Gasteiger partial charge in [0.15, 0.2) is 0 Å². The smallest absolute Gasteiger partial charge is 0.0708 e. The minimum Gasteiger partial charge on any atom is -0.256 e. The molecule has 4 aromatic rings. The van der Waals surface area contributed by atoms with Crippen LogP contribution in [0.25, 0.3) is 32.8 Å². The van der Waals surface area contributed by atoms with Crippen LogP contribution < -0.4 is 0 Å². The van der Waals surface area contributed by atoms with Crippen LogP contribution in [-0.4, -0.2) is 4.98 Å². The number of hydrogen-bond donors (Lipinski definition) is 0. The van der Waals surface area contributed by atoms with Gasteiger partial charge in [0.25, 0.3) is 0 Å². The molecule has 1 heterocycles. The molecule has 0 atom stereocenters. The molecule has 3 aromatic carbocycles. The van der Waals surface area contributed by atoms with Gasteiger partial charge in [0.2, 0.25) is 0 Å². The number of nitrogens with zero attached hydrogens (tertiary/aromatic N) is 1. The second-order valence-electron chi connectivity index (χ2n) is 4.91. The van der Waals surface area contributed by atoms with Gasteiger partial charge in [0.05, 0.1) is 5.52 Å². The van der Waals surface area contributed by atoms with Crippen molar-refractivity contribution in [3.8, 4) is 11.1 Å². The van der Waals surface area contributed by atoms with Crippen LogP contribution in [0.4, 0.5) is 0 Å². The average molecular weight is 255 g/mol. The molecule has 0 aliphatic rings. The van der Waals surface area contributed by atoms with Gasteiger partial charge in [-0.05, 0) is 17.2 Å². The van der Waals surface area contributed by atoms with Gasteiger partial charge in [-0.1, -0.05) is 66.7 Å². The SMILES string of the molecule is c1ccc(-c2cccc3cnc4ccccc4c23)cc1. The summed E-state index contributed by atoms with van der Waals surface area (Å²) in [7, 11) is 0. The Morgan fingerprint density at radius 3 is 2.35 bits per heavy atom. The van der Waals surface area contributed by atoms with Crippen molar-refractivity contribution >= 4 is 21.7 Å². The number of aromatic nitrogens is 1. The Labute approximate surface area is 117 Å². The number of pyridine rings is 1. The van der Waals surface area contributed by atoms with Gasteiger partial charge < -0.3 is 0 Å². The monoisotopic (exact) mass is 255 g/mol. The second-order valence-corrected chi connectivity index (χ2v) is 4.91. The molecule has 0 radical (unpaired) electrons. The molecule has 0 spiro atoms. The Bertz CT molecular complexity index is 895. The lowest BCUT2D eigenvalue weighted by Gasteiger charge is -2.09. The van der Waals surface area contributed by atoms with Crippen LogP contribution in [0.1, 0.15) is 0 Å². The fourth-order valence-electron chi connectivity index (χ4n) is 2.77. The van der Waals surface area contributed by atoms with Gasteiger partial charge in [-0.3, -0.25) is 4.98 Å². The van der Waals surface area contributed by atoms with Gasteiger partial charge >= 0.3 is 0 Å². The summed E-state index contributed by atoms with van der Waals surface area (Å²) in [4.78, 5) is 4.54. The molecule has 0 bridgehead atoms. The quantitative estimate of drug-likeness (QED) is 0.433. The van der Waals surface area contributed by atoms with E-state index in [4.69, 9.17) is 0 Å². The third kappa shape index (κ3) is 1.68. The summed E-state index contributed by atoms with van der Waals surface area (Å²) in [5, 5.41) is 3.68. The standard InChI is InChI=1S/C19H13N/c1-2-7-14(8-3-1)16-11-6-9-15-13-20-18-12-5-4-10-17(18)19(15)16/h1-13H. The Morgan fingerprint density at radius 1 is 0.650 bits per heavy atom. The fourth-order valence-corrected chi connectivity index (χ4v) is 2.77. The zero-order valence-corrected chi connectivity index (χ0v) is 11.0. The Morgan fingerprint density at radius 2 is 1.45 bits per heavy atom. The average Bonchev–Trinajstić information content (AvgIpc) is 2.55. The molecule has 1 nitrogen and oxygen atoms in total. The Hall–Kier alpha value is -2.67. The summed E-state index contributed by atoms with van der Waals surface area (Å²) >= 11 is 0. The third-order valence-electron chi connectivity index (χ3n) is 3.70. The summed E-state index contributed by atoms with van der Waals surface area (Å²) in [6.45, 7) is 0. The first kappa shape index (κ1) is 11.2. The van der Waals surface area contributed by atoms with Gasteiger partial charge in [-0.2, -0.15) is 0 Å².